The summed E-state index contributed by atoms with van der Waals surface area (Å²) in [6, 6.07) is 1.99. The summed E-state index contributed by atoms with van der Waals surface area (Å²) in [4.78, 5) is 11.3. The summed E-state index contributed by atoms with van der Waals surface area (Å²) in [5, 5.41) is 6.79. The van der Waals surface area contributed by atoms with Crippen molar-refractivity contribution < 1.29 is 0 Å². The van der Waals surface area contributed by atoms with Crippen LogP contribution in [0.1, 0.15) is 6.42 Å². The van der Waals surface area contributed by atoms with E-state index in [1.807, 2.05) is 30.2 Å². The van der Waals surface area contributed by atoms with E-state index < -0.39 is 0 Å². The van der Waals surface area contributed by atoms with Crippen molar-refractivity contribution in [2.24, 2.45) is 7.05 Å². The Hall–Kier alpha value is -1.66. The van der Waals surface area contributed by atoms with Gasteiger partial charge in [-0.15, -0.1) is 0 Å². The Morgan fingerprint density at radius 1 is 1.30 bits per heavy atom. The summed E-state index contributed by atoms with van der Waals surface area (Å²) < 4.78 is 2.02. The highest BCUT2D eigenvalue weighted by Gasteiger charge is 2.09. The van der Waals surface area contributed by atoms with E-state index in [2.05, 4.69) is 25.5 Å². The Morgan fingerprint density at radius 2 is 2.15 bits per heavy atom. The molecule has 1 aliphatic rings. The van der Waals surface area contributed by atoms with Gasteiger partial charge in [0.05, 0.1) is 11.8 Å². The Bertz CT molecular complexity index is 558. The predicted molar refractivity (Wildman–Crippen MR) is 80.9 cm³/mol. The molecule has 1 aliphatic heterocycles. The van der Waals surface area contributed by atoms with Gasteiger partial charge in [0.15, 0.2) is 5.82 Å². The highest BCUT2D eigenvalue weighted by Crippen LogP contribution is 2.18. The van der Waals surface area contributed by atoms with E-state index in [0.717, 1.165) is 62.5 Å². The molecule has 108 valence electrons. The fourth-order valence-corrected chi connectivity index (χ4v) is 2.64. The smallest absolute Gasteiger partial charge is 0.154 e. The number of pyridine rings is 1. The Kier molecular flexibility index (Phi) is 4.13. The van der Waals surface area contributed by atoms with Gasteiger partial charge >= 0.3 is 0 Å². The third-order valence-corrected chi connectivity index (χ3v) is 3.80. The van der Waals surface area contributed by atoms with E-state index in [0.29, 0.717) is 0 Å². The average Bonchev–Trinajstić information content (AvgIpc) is 2.87. The Morgan fingerprint density at radius 3 is 3.00 bits per heavy atom. The van der Waals surface area contributed by atoms with Crippen molar-refractivity contribution in [3.63, 3.8) is 0 Å². The van der Waals surface area contributed by atoms with Gasteiger partial charge in [0.1, 0.15) is 5.52 Å². The molecule has 0 radical (unpaired) electrons. The number of hydrogen-bond acceptors (Lipinski definition) is 5. The second-order valence-electron chi connectivity index (χ2n) is 5.25. The predicted octanol–water partition coefficient (Wildman–Crippen LogP) is 0.675. The third kappa shape index (κ3) is 2.91. The topological polar surface area (TPSA) is 58.0 Å². The van der Waals surface area contributed by atoms with E-state index in [4.69, 9.17) is 0 Å². The van der Waals surface area contributed by atoms with Gasteiger partial charge in [-0.2, -0.15) is 0 Å². The molecule has 0 aliphatic carbocycles. The number of aromatic nitrogens is 3. The van der Waals surface area contributed by atoms with Crippen molar-refractivity contribution in [2.75, 3.05) is 44.6 Å². The molecule has 0 saturated carbocycles. The average molecular weight is 274 g/mol. The number of fused-ring (bicyclic) bond motifs is 1. The minimum atomic E-state index is 0.892. The normalized spacial score (nSPS) is 16.6. The van der Waals surface area contributed by atoms with Crippen molar-refractivity contribution in [3.05, 3.63) is 18.6 Å². The molecule has 2 aromatic rings. The van der Waals surface area contributed by atoms with Crippen LogP contribution in [0.4, 0.5) is 5.82 Å². The van der Waals surface area contributed by atoms with Crippen LogP contribution >= 0.6 is 0 Å². The minimum Gasteiger partial charge on any atom is -0.368 e. The highest BCUT2D eigenvalue weighted by atomic mass is 15.2. The monoisotopic (exact) mass is 274 g/mol. The lowest BCUT2D eigenvalue weighted by molar-refractivity contribution is 0.240. The standard InChI is InChI=1S/C14H22N6/c1-19-11-18-13-12(19)3-5-17-14(13)16-4-2-8-20-9-6-15-7-10-20/h3,5,11,15H,2,4,6-10H2,1H3,(H,16,17). The number of nitrogens with zero attached hydrogens (tertiary/aromatic N) is 4. The van der Waals surface area contributed by atoms with Crippen molar-refractivity contribution in [1.82, 2.24) is 24.8 Å². The van der Waals surface area contributed by atoms with Crippen LogP contribution in [0, 0.1) is 0 Å². The number of aryl methyl sites for hydroxylation is 1. The van der Waals surface area contributed by atoms with Crippen molar-refractivity contribution in [2.45, 2.75) is 6.42 Å². The second kappa shape index (κ2) is 6.19. The van der Waals surface area contributed by atoms with Crippen LogP contribution in [-0.4, -0.2) is 58.7 Å². The van der Waals surface area contributed by atoms with Gasteiger partial charge in [-0.1, -0.05) is 0 Å². The molecule has 1 fully saturated rings. The molecule has 1 saturated heterocycles. The molecule has 0 unspecified atom stereocenters. The molecule has 6 nitrogen and oxygen atoms in total. The molecule has 0 amide bonds. The number of piperazine rings is 1. The maximum atomic E-state index is 4.41. The molecule has 2 N–H and O–H groups in total. The Balaban J connectivity index is 1.52. The van der Waals surface area contributed by atoms with Gasteiger partial charge < -0.3 is 20.1 Å². The van der Waals surface area contributed by atoms with Gasteiger partial charge in [0, 0.05) is 46.0 Å². The first-order valence-corrected chi connectivity index (χ1v) is 7.27. The fourth-order valence-electron chi connectivity index (χ4n) is 2.64. The maximum absolute atomic E-state index is 4.41. The van der Waals surface area contributed by atoms with Crippen LogP contribution in [-0.2, 0) is 7.05 Å². The van der Waals surface area contributed by atoms with Crippen LogP contribution < -0.4 is 10.6 Å². The van der Waals surface area contributed by atoms with Crippen LogP contribution in [0.3, 0.4) is 0 Å². The van der Waals surface area contributed by atoms with E-state index in [9.17, 15) is 0 Å². The summed E-state index contributed by atoms with van der Waals surface area (Å²) in [5.74, 6) is 0.892. The van der Waals surface area contributed by atoms with E-state index >= 15 is 0 Å². The number of hydrogen-bond donors (Lipinski definition) is 2. The zero-order chi connectivity index (χ0) is 13.8. The molecule has 0 atom stereocenters. The zero-order valence-corrected chi connectivity index (χ0v) is 12.0. The molecule has 3 heterocycles. The first kappa shape index (κ1) is 13.3. The van der Waals surface area contributed by atoms with Crippen LogP contribution in [0.2, 0.25) is 0 Å². The third-order valence-electron chi connectivity index (χ3n) is 3.80. The highest BCUT2D eigenvalue weighted by molar-refractivity contribution is 5.85. The largest absolute Gasteiger partial charge is 0.368 e. The molecule has 3 rings (SSSR count). The maximum Gasteiger partial charge on any atom is 0.154 e. The first-order valence-electron chi connectivity index (χ1n) is 7.27. The van der Waals surface area contributed by atoms with Crippen LogP contribution in [0.15, 0.2) is 18.6 Å². The summed E-state index contributed by atoms with van der Waals surface area (Å²) in [5.41, 5.74) is 2.07. The summed E-state index contributed by atoms with van der Waals surface area (Å²) in [6.45, 7) is 6.63. The molecule has 0 aromatic carbocycles. The molecule has 6 heteroatoms. The van der Waals surface area contributed by atoms with Crippen molar-refractivity contribution in [3.8, 4) is 0 Å². The Labute approximate surface area is 119 Å². The van der Waals surface area contributed by atoms with E-state index in [-0.39, 0.29) is 0 Å². The van der Waals surface area contributed by atoms with Crippen molar-refractivity contribution in [1.29, 1.82) is 0 Å². The lowest BCUT2D eigenvalue weighted by Gasteiger charge is -2.27. The lowest BCUT2D eigenvalue weighted by Crippen LogP contribution is -2.44. The van der Waals surface area contributed by atoms with Crippen LogP contribution in [0.25, 0.3) is 11.0 Å². The molecule has 2 aromatic heterocycles. The second-order valence-corrected chi connectivity index (χ2v) is 5.25. The van der Waals surface area contributed by atoms with Crippen LogP contribution in [0.5, 0.6) is 0 Å². The minimum absolute atomic E-state index is 0.892. The first-order chi connectivity index (χ1) is 9.84. The van der Waals surface area contributed by atoms with Gasteiger partial charge in [-0.05, 0) is 19.0 Å². The number of anilines is 1. The molecule has 20 heavy (non-hydrogen) atoms. The molecule has 0 bridgehead atoms. The SMILES string of the molecule is Cn1cnc2c(NCCCN3CCNCC3)nccc21. The molecular formula is C14H22N6. The van der Waals surface area contributed by atoms with Gasteiger partial charge in [-0.3, -0.25) is 0 Å². The zero-order valence-electron chi connectivity index (χ0n) is 12.0. The summed E-state index contributed by atoms with van der Waals surface area (Å²) in [7, 11) is 2.00. The van der Waals surface area contributed by atoms with Gasteiger partial charge in [0.25, 0.3) is 0 Å². The summed E-state index contributed by atoms with van der Waals surface area (Å²) in [6.07, 6.45) is 4.80. The number of rotatable bonds is 5. The van der Waals surface area contributed by atoms with E-state index in [1.54, 1.807) is 0 Å². The number of nitrogens with one attached hydrogen (secondary N) is 2. The van der Waals surface area contributed by atoms with E-state index in [1.165, 1.54) is 0 Å². The van der Waals surface area contributed by atoms with Gasteiger partial charge in [-0.25, -0.2) is 9.97 Å². The lowest BCUT2D eigenvalue weighted by atomic mass is 10.3. The van der Waals surface area contributed by atoms with Gasteiger partial charge in [0.2, 0.25) is 0 Å². The quantitative estimate of drug-likeness (QED) is 0.785. The number of imidazole rings is 1. The molecule has 0 spiro atoms. The van der Waals surface area contributed by atoms with Crippen molar-refractivity contribution >= 4 is 16.9 Å². The summed E-state index contributed by atoms with van der Waals surface area (Å²) >= 11 is 0. The molecular weight excluding hydrogens is 252 g/mol. The fraction of sp³-hybridized carbons (Fsp3) is 0.571.